The smallest absolute Gasteiger partial charge is 0.344 e. The monoisotopic (exact) mass is 752 g/mol. The van der Waals surface area contributed by atoms with Gasteiger partial charge in [-0.2, -0.15) is 0 Å². The number of carbonyl (C=O) groups excluding carboxylic acids is 4. The molecular weight excluding hydrogens is 718 g/mol. The van der Waals surface area contributed by atoms with E-state index in [1.165, 1.54) is 0 Å². The Morgan fingerprint density at radius 2 is 1.70 bits per heavy atom. The Morgan fingerprint density at radius 1 is 1.03 bits per heavy atom. The van der Waals surface area contributed by atoms with Crippen LogP contribution in [-0.2, 0) is 52.3 Å². The van der Waals surface area contributed by atoms with Gasteiger partial charge < -0.3 is 33.2 Å². The first-order valence-corrected chi connectivity index (χ1v) is 13.9. The molecule has 0 bridgehead atoms. The molecule has 2 aliphatic rings. The highest BCUT2D eigenvalue weighted by Gasteiger charge is 2.41. The molecule has 0 aromatic rings. The molecule has 2 heterocycles. The van der Waals surface area contributed by atoms with Crippen molar-refractivity contribution >= 4 is 68.9 Å². The minimum atomic E-state index is -0.977. The van der Waals surface area contributed by atoms with Crippen molar-refractivity contribution in [3.8, 4) is 0 Å². The van der Waals surface area contributed by atoms with Crippen LogP contribution in [0.3, 0.4) is 0 Å². The molecule has 0 N–H and O–H groups in total. The van der Waals surface area contributed by atoms with Crippen molar-refractivity contribution in [1.82, 2.24) is 0 Å². The van der Waals surface area contributed by atoms with Gasteiger partial charge in [0.2, 0.25) is 0 Å². The lowest BCUT2D eigenvalue weighted by atomic mass is 10.0. The molecule has 4 unspecified atom stereocenters. The molecule has 0 aliphatic carbocycles. The third kappa shape index (κ3) is 11.4. The number of ketones is 1. The highest BCUT2D eigenvalue weighted by Crippen LogP contribution is 2.35. The molecule has 0 aromatic carbocycles. The molecule has 210 valence electrons. The average Bonchev–Trinajstić information content (AvgIpc) is 3.36. The Kier molecular flexibility index (Phi) is 12.2. The Bertz CT molecular complexity index is 873. The van der Waals surface area contributed by atoms with Crippen LogP contribution < -0.4 is 0 Å². The molecule has 0 saturated carbocycles. The first-order chi connectivity index (χ1) is 17.1. The number of rotatable bonds is 14. The molecule has 37 heavy (non-hydrogen) atoms. The lowest BCUT2D eigenvalue weighted by molar-refractivity contribution is -0.165. The zero-order chi connectivity index (χ0) is 27.9. The van der Waals surface area contributed by atoms with Crippen LogP contribution in [0, 0.1) is 0 Å². The van der Waals surface area contributed by atoms with E-state index in [0.717, 1.165) is 0 Å². The Morgan fingerprint density at radius 3 is 2.32 bits per heavy atom. The van der Waals surface area contributed by atoms with Gasteiger partial charge in [-0.15, -0.1) is 0 Å². The molecule has 2 aliphatic heterocycles. The Hall–Kier alpha value is -0.880. The van der Waals surface area contributed by atoms with Gasteiger partial charge in [-0.1, -0.05) is 29.2 Å². The van der Waals surface area contributed by atoms with Crippen molar-refractivity contribution in [2.45, 2.75) is 80.6 Å². The Labute approximate surface area is 243 Å². The largest absolute Gasteiger partial charge is 0.464 e. The van der Waals surface area contributed by atoms with E-state index in [1.54, 1.807) is 50.3 Å². The van der Waals surface area contributed by atoms with E-state index in [0.29, 0.717) is 19.4 Å². The molecule has 0 spiro atoms. The number of halogens is 2. The molecule has 2 rings (SSSR count). The summed E-state index contributed by atoms with van der Waals surface area (Å²) in [4.78, 5) is 48.0. The lowest BCUT2D eigenvalue weighted by Crippen LogP contribution is -2.35. The van der Waals surface area contributed by atoms with Crippen LogP contribution in [0.4, 0.5) is 0 Å². The maximum absolute atomic E-state index is 12.6. The summed E-state index contributed by atoms with van der Waals surface area (Å²) < 4.78 is 37.3. The molecule has 0 aromatic heterocycles. The van der Waals surface area contributed by atoms with Crippen LogP contribution in [0.25, 0.3) is 0 Å². The van der Waals surface area contributed by atoms with Crippen LogP contribution in [0.15, 0.2) is 10.2 Å². The van der Waals surface area contributed by atoms with Crippen molar-refractivity contribution in [2.24, 2.45) is 0 Å². The summed E-state index contributed by atoms with van der Waals surface area (Å²) in [6.45, 7) is 10.6. The number of hydrogen-bond acceptors (Lipinski definition) is 11. The summed E-state index contributed by atoms with van der Waals surface area (Å²) in [6.07, 6.45) is -0.0955. The number of carbonyl (C=O) groups is 4. The molecular formula is C24H34I2O11. The fourth-order valence-corrected chi connectivity index (χ4v) is 4.08. The van der Waals surface area contributed by atoms with E-state index in [1.807, 2.05) is 22.6 Å². The minimum absolute atomic E-state index is 0.0356. The fraction of sp³-hybridized carbons (Fsp3) is 0.750. The van der Waals surface area contributed by atoms with Gasteiger partial charge in [0, 0.05) is 12.8 Å². The summed E-state index contributed by atoms with van der Waals surface area (Å²) in [7, 11) is 0. The van der Waals surface area contributed by atoms with Crippen LogP contribution in [-0.4, -0.2) is 83.9 Å². The highest BCUT2D eigenvalue weighted by molar-refractivity contribution is 14.1. The topological polar surface area (TPSA) is 133 Å². The van der Waals surface area contributed by atoms with Crippen LogP contribution in [0.2, 0.25) is 0 Å². The van der Waals surface area contributed by atoms with E-state index < -0.39 is 39.0 Å². The van der Waals surface area contributed by atoms with E-state index in [-0.39, 0.29) is 54.7 Å². The molecule has 11 nitrogen and oxygen atoms in total. The zero-order valence-electron chi connectivity index (χ0n) is 21.5. The second-order valence-corrected chi connectivity index (χ2v) is 13.3. The van der Waals surface area contributed by atoms with Crippen molar-refractivity contribution in [3.05, 3.63) is 10.2 Å². The summed E-state index contributed by atoms with van der Waals surface area (Å²) in [5.74, 6) is -3.56. The van der Waals surface area contributed by atoms with Gasteiger partial charge >= 0.3 is 17.9 Å². The number of Topliss-reactive ketones (excluding diaryl/α,β-unsaturated/α-hetero) is 1. The molecule has 2 saturated heterocycles. The second kappa shape index (κ2) is 14.0. The predicted molar refractivity (Wildman–Crippen MR) is 146 cm³/mol. The summed E-state index contributed by atoms with van der Waals surface area (Å²) in [5.41, 5.74) is 0. The molecule has 0 radical (unpaired) electrons. The van der Waals surface area contributed by atoms with Crippen LogP contribution >= 0.6 is 45.2 Å². The van der Waals surface area contributed by atoms with Crippen molar-refractivity contribution in [1.29, 1.82) is 0 Å². The van der Waals surface area contributed by atoms with Crippen LogP contribution in [0.1, 0.15) is 53.4 Å². The molecule has 2 fully saturated rings. The number of alkyl halides is 1. The van der Waals surface area contributed by atoms with Crippen molar-refractivity contribution < 1.29 is 52.3 Å². The Balaban J connectivity index is 1.66. The SMILES string of the molecule is C=C(I)C(=O)OCC(=O)CC1COC(C)(CCC(C)(I)C(=O)OCCC(=O)OCC2COC(C)(C)O2)O1. The zero-order valence-corrected chi connectivity index (χ0v) is 25.8. The van der Waals surface area contributed by atoms with Gasteiger partial charge in [-0.05, 0) is 56.7 Å². The summed E-state index contributed by atoms with van der Waals surface area (Å²) in [5, 5.41) is 0. The number of esters is 3. The van der Waals surface area contributed by atoms with E-state index in [4.69, 9.17) is 33.2 Å². The van der Waals surface area contributed by atoms with Gasteiger partial charge in [-0.3, -0.25) is 14.4 Å². The lowest BCUT2D eigenvalue weighted by Gasteiger charge is -2.28. The number of ether oxygens (including phenoxy) is 7. The average molecular weight is 752 g/mol. The highest BCUT2D eigenvalue weighted by atomic mass is 127. The minimum Gasteiger partial charge on any atom is -0.464 e. The summed E-state index contributed by atoms with van der Waals surface area (Å²) in [6, 6.07) is 0. The second-order valence-electron chi connectivity index (χ2n) is 9.63. The third-order valence-corrected chi connectivity index (χ3v) is 6.96. The maximum Gasteiger partial charge on any atom is 0.344 e. The van der Waals surface area contributed by atoms with Gasteiger partial charge in [-0.25, -0.2) is 4.79 Å². The van der Waals surface area contributed by atoms with Crippen molar-refractivity contribution in [3.63, 3.8) is 0 Å². The van der Waals surface area contributed by atoms with Gasteiger partial charge in [0.05, 0.1) is 29.3 Å². The van der Waals surface area contributed by atoms with E-state index >= 15 is 0 Å². The molecule has 13 heteroatoms. The predicted octanol–water partition coefficient (Wildman–Crippen LogP) is 3.17. The van der Waals surface area contributed by atoms with E-state index in [9.17, 15) is 19.2 Å². The van der Waals surface area contributed by atoms with Gasteiger partial charge in [0.1, 0.15) is 29.3 Å². The van der Waals surface area contributed by atoms with E-state index in [2.05, 4.69) is 6.58 Å². The normalized spacial score (nSPS) is 26.2. The standard InChI is InChI=1S/C24H34I2O11/c1-15(25)20(29)33-11-16(27)10-17-13-35-24(5,37-17)8-7-23(4,26)21(30)31-9-6-19(28)32-12-18-14-34-22(2,3)36-18/h17-18H,1,6-14H2,2-5H3. The quantitative estimate of drug-likeness (QED) is 0.0853. The number of hydrogen-bond donors (Lipinski definition) is 0. The maximum atomic E-state index is 12.6. The fourth-order valence-electron chi connectivity index (χ4n) is 3.50. The molecule has 4 atom stereocenters. The third-order valence-electron chi connectivity index (χ3n) is 5.54. The van der Waals surface area contributed by atoms with Gasteiger partial charge in [0.25, 0.3) is 0 Å². The first kappa shape index (κ1) is 32.3. The van der Waals surface area contributed by atoms with Gasteiger partial charge in [0.15, 0.2) is 17.4 Å². The van der Waals surface area contributed by atoms with Crippen molar-refractivity contribution in [2.75, 3.05) is 33.0 Å². The molecule has 0 amide bonds. The first-order valence-electron chi connectivity index (χ1n) is 11.8. The summed E-state index contributed by atoms with van der Waals surface area (Å²) >= 11 is 3.73. The van der Waals surface area contributed by atoms with Crippen LogP contribution in [0.5, 0.6) is 0 Å².